The molecule has 0 amide bonds. The molecule has 2 aromatic heterocycles. The molecule has 25 heavy (non-hydrogen) atoms. The van der Waals surface area contributed by atoms with Crippen molar-refractivity contribution in [1.82, 2.24) is 19.8 Å². The number of fused-ring (bicyclic) bond motifs is 1. The maximum absolute atomic E-state index is 6.05. The minimum Gasteiger partial charge on any atom is -0.497 e. The minimum absolute atomic E-state index is 0.356. The van der Waals surface area contributed by atoms with Crippen LogP contribution in [-0.4, -0.2) is 26.9 Å². The van der Waals surface area contributed by atoms with Crippen LogP contribution in [0, 0.1) is 0 Å². The average Bonchev–Trinajstić information content (AvgIpc) is 3.20. The molecule has 0 aliphatic heterocycles. The molecule has 2 heterocycles. The maximum atomic E-state index is 6.05. The topological polar surface area (TPSA) is 61.5 Å². The van der Waals surface area contributed by atoms with Gasteiger partial charge in [0.05, 0.1) is 7.11 Å². The zero-order valence-corrected chi connectivity index (χ0v) is 14.8. The van der Waals surface area contributed by atoms with Gasteiger partial charge in [-0.15, -0.1) is 10.2 Å². The van der Waals surface area contributed by atoms with Crippen molar-refractivity contribution >= 4 is 27.9 Å². The first-order valence-electron chi connectivity index (χ1n) is 7.47. The minimum atomic E-state index is 0.356. The summed E-state index contributed by atoms with van der Waals surface area (Å²) in [5.41, 5.74) is 0.868. The molecule has 8 heteroatoms. The second-order valence-corrected chi connectivity index (χ2v) is 6.67. The van der Waals surface area contributed by atoms with Crippen molar-refractivity contribution in [1.29, 1.82) is 0 Å². The summed E-state index contributed by atoms with van der Waals surface area (Å²) < 4.78 is 12.6. The molecule has 0 aliphatic carbocycles. The zero-order valence-electron chi connectivity index (χ0n) is 13.2. The summed E-state index contributed by atoms with van der Waals surface area (Å²) in [6.07, 6.45) is 0. The summed E-state index contributed by atoms with van der Waals surface area (Å²) in [5.74, 6) is 2.20. The lowest BCUT2D eigenvalue weighted by Crippen LogP contribution is -1.97. The Kier molecular flexibility index (Phi) is 4.25. The fraction of sp³-hybridized carbons (Fsp3) is 0.118. The van der Waals surface area contributed by atoms with Gasteiger partial charge in [-0.3, -0.25) is 0 Å². The Bertz CT molecular complexity index is 1010. The Balaban J connectivity index is 1.55. The fourth-order valence-corrected chi connectivity index (χ4v) is 3.28. The molecule has 0 saturated heterocycles. The summed E-state index contributed by atoms with van der Waals surface area (Å²) in [6, 6.07) is 14.9. The first kappa shape index (κ1) is 15.9. The molecule has 4 aromatic rings. The van der Waals surface area contributed by atoms with E-state index in [1.165, 1.54) is 11.3 Å². The Hall–Kier alpha value is -2.64. The van der Waals surface area contributed by atoms with E-state index in [2.05, 4.69) is 15.3 Å². The van der Waals surface area contributed by atoms with Crippen LogP contribution in [0.2, 0.25) is 5.02 Å². The van der Waals surface area contributed by atoms with Crippen LogP contribution in [0.5, 0.6) is 11.5 Å². The number of hydrogen-bond acceptors (Lipinski definition) is 6. The molecule has 0 saturated carbocycles. The molecule has 0 unspecified atom stereocenters. The smallest absolute Gasteiger partial charge is 0.235 e. The lowest BCUT2D eigenvalue weighted by molar-refractivity contribution is 0.303. The summed E-state index contributed by atoms with van der Waals surface area (Å²) in [4.78, 5) is 0.711. The second-order valence-electron chi connectivity index (χ2n) is 5.19. The number of hydrogen-bond donors (Lipinski definition) is 0. The van der Waals surface area contributed by atoms with Gasteiger partial charge in [-0.05, 0) is 36.4 Å². The number of rotatable bonds is 5. The molecule has 126 valence electrons. The summed E-state index contributed by atoms with van der Waals surface area (Å²) in [5, 5.41) is 14.4. The van der Waals surface area contributed by atoms with E-state index in [1.807, 2.05) is 48.5 Å². The van der Waals surface area contributed by atoms with Gasteiger partial charge in [-0.25, -0.2) is 0 Å². The number of benzene rings is 2. The number of methoxy groups -OCH3 is 1. The van der Waals surface area contributed by atoms with Gasteiger partial charge in [-0.2, -0.15) is 9.61 Å². The first-order valence-corrected chi connectivity index (χ1v) is 8.66. The van der Waals surface area contributed by atoms with E-state index in [0.29, 0.717) is 22.4 Å². The molecule has 0 fully saturated rings. The predicted molar refractivity (Wildman–Crippen MR) is 96.4 cm³/mol. The Morgan fingerprint density at radius 2 is 1.88 bits per heavy atom. The number of nitrogens with zero attached hydrogens (tertiary/aromatic N) is 4. The van der Waals surface area contributed by atoms with Gasteiger partial charge in [-0.1, -0.05) is 35.1 Å². The second kappa shape index (κ2) is 6.70. The van der Waals surface area contributed by atoms with Gasteiger partial charge in [0.25, 0.3) is 0 Å². The van der Waals surface area contributed by atoms with E-state index in [1.54, 1.807) is 11.6 Å². The summed E-state index contributed by atoms with van der Waals surface area (Å²) in [6.45, 7) is 0.356. The quantitative estimate of drug-likeness (QED) is 0.528. The lowest BCUT2D eigenvalue weighted by atomic mass is 10.2. The van der Waals surface area contributed by atoms with E-state index in [-0.39, 0.29) is 0 Å². The zero-order chi connectivity index (χ0) is 17.2. The van der Waals surface area contributed by atoms with Crippen molar-refractivity contribution < 1.29 is 9.47 Å². The molecule has 6 nitrogen and oxygen atoms in total. The van der Waals surface area contributed by atoms with Gasteiger partial charge < -0.3 is 9.47 Å². The molecule has 2 aromatic carbocycles. The fourth-order valence-electron chi connectivity index (χ4n) is 2.34. The molecule has 0 atom stereocenters. The highest BCUT2D eigenvalue weighted by atomic mass is 35.5. The third-order valence-corrected chi connectivity index (χ3v) is 4.64. The molecular weight excluding hydrogens is 360 g/mol. The van der Waals surface area contributed by atoms with Gasteiger partial charge in [0.1, 0.15) is 18.1 Å². The van der Waals surface area contributed by atoms with Crippen LogP contribution in [0.3, 0.4) is 0 Å². The molecule has 0 spiro atoms. The van der Waals surface area contributed by atoms with Crippen LogP contribution in [0.4, 0.5) is 0 Å². The maximum Gasteiger partial charge on any atom is 0.235 e. The molecule has 0 radical (unpaired) electrons. The van der Waals surface area contributed by atoms with Crippen LogP contribution < -0.4 is 9.47 Å². The predicted octanol–water partition coefficient (Wildman–Crippen LogP) is 4.09. The van der Waals surface area contributed by atoms with Crippen LogP contribution in [0.1, 0.15) is 5.01 Å². The molecule has 0 N–H and O–H groups in total. The van der Waals surface area contributed by atoms with Crippen LogP contribution in [0.25, 0.3) is 16.3 Å². The Labute approximate surface area is 152 Å². The van der Waals surface area contributed by atoms with Crippen molar-refractivity contribution in [2.75, 3.05) is 7.11 Å². The van der Waals surface area contributed by atoms with E-state index in [9.17, 15) is 0 Å². The van der Waals surface area contributed by atoms with Crippen molar-refractivity contribution in [2.45, 2.75) is 6.61 Å². The normalized spacial score (nSPS) is 11.0. The number of halogens is 1. The number of ether oxygens (including phenoxy) is 2. The molecular formula is C17H13ClN4O2S. The highest BCUT2D eigenvalue weighted by Crippen LogP contribution is 2.25. The van der Waals surface area contributed by atoms with Crippen LogP contribution in [0.15, 0.2) is 48.5 Å². The SMILES string of the molecule is COc1ccc(OCc2nn3c(-c4cccc(Cl)c4)nnc3s2)cc1. The van der Waals surface area contributed by atoms with Crippen molar-refractivity contribution in [2.24, 2.45) is 0 Å². The van der Waals surface area contributed by atoms with Gasteiger partial charge in [0.2, 0.25) is 4.96 Å². The standard InChI is InChI=1S/C17H13ClN4O2S/c1-23-13-5-7-14(8-6-13)24-10-15-21-22-16(19-20-17(22)25-15)11-3-2-4-12(18)9-11/h2-9H,10H2,1H3. The monoisotopic (exact) mass is 372 g/mol. The molecule has 4 rings (SSSR count). The molecule has 0 bridgehead atoms. The number of aromatic nitrogens is 4. The van der Waals surface area contributed by atoms with Gasteiger partial charge >= 0.3 is 0 Å². The van der Waals surface area contributed by atoms with E-state index in [0.717, 1.165) is 22.1 Å². The van der Waals surface area contributed by atoms with Gasteiger partial charge in [0.15, 0.2) is 10.8 Å². The van der Waals surface area contributed by atoms with Crippen molar-refractivity contribution in [3.63, 3.8) is 0 Å². The highest BCUT2D eigenvalue weighted by molar-refractivity contribution is 7.16. The Morgan fingerprint density at radius 3 is 2.64 bits per heavy atom. The van der Waals surface area contributed by atoms with E-state index in [4.69, 9.17) is 21.1 Å². The van der Waals surface area contributed by atoms with E-state index >= 15 is 0 Å². The highest BCUT2D eigenvalue weighted by Gasteiger charge is 2.14. The van der Waals surface area contributed by atoms with Crippen molar-refractivity contribution in [3.05, 3.63) is 58.6 Å². The Morgan fingerprint density at radius 1 is 1.08 bits per heavy atom. The average molecular weight is 373 g/mol. The van der Waals surface area contributed by atoms with Crippen molar-refractivity contribution in [3.8, 4) is 22.9 Å². The lowest BCUT2D eigenvalue weighted by Gasteiger charge is -2.04. The summed E-state index contributed by atoms with van der Waals surface area (Å²) >= 11 is 7.49. The van der Waals surface area contributed by atoms with Crippen LogP contribution >= 0.6 is 22.9 Å². The van der Waals surface area contributed by atoms with E-state index < -0.39 is 0 Å². The third-order valence-electron chi connectivity index (χ3n) is 3.54. The van der Waals surface area contributed by atoms with Crippen LogP contribution in [-0.2, 0) is 6.61 Å². The largest absolute Gasteiger partial charge is 0.497 e. The summed E-state index contributed by atoms with van der Waals surface area (Å²) in [7, 11) is 1.63. The first-order chi connectivity index (χ1) is 12.2. The third kappa shape index (κ3) is 3.29. The molecule has 0 aliphatic rings. The van der Waals surface area contributed by atoms with Gasteiger partial charge in [0, 0.05) is 10.6 Å².